The number of phenolic OH excluding ortho intramolecular Hbond substituents is 1. The molecule has 0 aliphatic carbocycles. The molecule has 1 aliphatic heterocycles. The number of piperazine rings is 1. The van der Waals surface area contributed by atoms with Crippen LogP contribution < -0.4 is 4.90 Å². The van der Waals surface area contributed by atoms with Crippen LogP contribution in [0.2, 0.25) is 0 Å². The van der Waals surface area contributed by atoms with Gasteiger partial charge in [0.25, 0.3) is 0 Å². The Bertz CT molecular complexity index is 649. The topological polar surface area (TPSA) is 52.5 Å². The van der Waals surface area contributed by atoms with Gasteiger partial charge in [0.05, 0.1) is 0 Å². The lowest BCUT2D eigenvalue weighted by molar-refractivity contribution is 0.260. The van der Waals surface area contributed by atoms with Gasteiger partial charge in [0.1, 0.15) is 17.9 Å². The molecular weight excluding hydrogens is 288 g/mol. The number of phenols is 1. The Morgan fingerprint density at radius 1 is 1.00 bits per heavy atom. The molecule has 0 radical (unpaired) electrons. The van der Waals surface area contributed by atoms with E-state index < -0.39 is 0 Å². The maximum atomic E-state index is 9.33. The van der Waals surface area contributed by atoms with Crippen molar-refractivity contribution in [3.05, 3.63) is 47.4 Å². The number of hydrogen-bond acceptors (Lipinski definition) is 5. The number of rotatable bonds is 4. The van der Waals surface area contributed by atoms with Gasteiger partial charge in [-0.2, -0.15) is 0 Å². The highest BCUT2D eigenvalue weighted by molar-refractivity contribution is 5.47. The second-order valence-electron chi connectivity index (χ2n) is 6.15. The Kier molecular flexibility index (Phi) is 4.76. The molecule has 1 N–H and O–H groups in total. The third-order valence-electron chi connectivity index (χ3n) is 4.63. The van der Waals surface area contributed by atoms with Crippen LogP contribution >= 0.6 is 0 Å². The summed E-state index contributed by atoms with van der Waals surface area (Å²) in [7, 11) is 0. The van der Waals surface area contributed by atoms with Crippen LogP contribution in [0.5, 0.6) is 5.75 Å². The van der Waals surface area contributed by atoms with Gasteiger partial charge in [0, 0.05) is 44.0 Å². The minimum atomic E-state index is 0.331. The van der Waals surface area contributed by atoms with E-state index in [1.165, 1.54) is 11.1 Å². The van der Waals surface area contributed by atoms with Crippen molar-refractivity contribution in [2.45, 2.75) is 20.3 Å². The molecule has 1 aromatic heterocycles. The Hall–Kier alpha value is -2.14. The number of benzene rings is 1. The molecule has 1 fully saturated rings. The Morgan fingerprint density at radius 2 is 1.70 bits per heavy atom. The molecule has 1 aromatic carbocycles. The fourth-order valence-corrected chi connectivity index (χ4v) is 2.98. The van der Waals surface area contributed by atoms with E-state index >= 15 is 0 Å². The third-order valence-corrected chi connectivity index (χ3v) is 4.63. The van der Waals surface area contributed by atoms with Gasteiger partial charge < -0.3 is 10.0 Å². The Labute approximate surface area is 137 Å². The van der Waals surface area contributed by atoms with Gasteiger partial charge in [-0.25, -0.2) is 9.97 Å². The first-order chi connectivity index (χ1) is 11.1. The molecule has 5 heteroatoms. The van der Waals surface area contributed by atoms with Crippen molar-refractivity contribution in [2.24, 2.45) is 0 Å². The van der Waals surface area contributed by atoms with Crippen LogP contribution in [-0.2, 0) is 6.42 Å². The van der Waals surface area contributed by atoms with Gasteiger partial charge in [-0.05, 0) is 38.0 Å². The molecule has 0 bridgehead atoms. The molecule has 23 heavy (non-hydrogen) atoms. The number of aromatic hydroxyl groups is 1. The van der Waals surface area contributed by atoms with Gasteiger partial charge in [0.2, 0.25) is 0 Å². The summed E-state index contributed by atoms with van der Waals surface area (Å²) in [5.74, 6) is 1.41. The van der Waals surface area contributed by atoms with Crippen LogP contribution in [0.1, 0.15) is 16.8 Å². The molecule has 0 amide bonds. The highest BCUT2D eigenvalue weighted by Crippen LogP contribution is 2.20. The lowest BCUT2D eigenvalue weighted by atomic mass is 10.1. The molecule has 0 spiro atoms. The van der Waals surface area contributed by atoms with Crippen LogP contribution in [0, 0.1) is 13.8 Å². The monoisotopic (exact) mass is 312 g/mol. The molecular formula is C18H24N4O. The van der Waals surface area contributed by atoms with E-state index in [4.69, 9.17) is 0 Å². The zero-order chi connectivity index (χ0) is 16.2. The van der Waals surface area contributed by atoms with Crippen LogP contribution in [0.3, 0.4) is 0 Å². The standard InChI is InChI=1S/C18H24N4O/c1-14-15(2)19-13-20-18(14)22-11-9-21(10-12-22)8-7-16-3-5-17(23)6-4-16/h3-6,13,23H,7-12H2,1-2H3. The third kappa shape index (κ3) is 3.79. The van der Waals surface area contributed by atoms with E-state index in [1.807, 2.05) is 19.1 Å². The van der Waals surface area contributed by atoms with E-state index in [1.54, 1.807) is 18.5 Å². The minimum Gasteiger partial charge on any atom is -0.508 e. The molecule has 0 unspecified atom stereocenters. The summed E-state index contributed by atoms with van der Waals surface area (Å²) in [5.41, 5.74) is 3.52. The van der Waals surface area contributed by atoms with Crippen molar-refractivity contribution in [1.82, 2.24) is 14.9 Å². The van der Waals surface area contributed by atoms with Crippen LogP contribution in [0.15, 0.2) is 30.6 Å². The summed E-state index contributed by atoms with van der Waals surface area (Å²) in [6.45, 7) is 9.32. The predicted molar refractivity (Wildman–Crippen MR) is 92.0 cm³/mol. The van der Waals surface area contributed by atoms with Crippen molar-refractivity contribution >= 4 is 5.82 Å². The van der Waals surface area contributed by atoms with Crippen LogP contribution in [0.4, 0.5) is 5.82 Å². The fraction of sp³-hybridized carbons (Fsp3) is 0.444. The molecule has 5 nitrogen and oxygen atoms in total. The quantitative estimate of drug-likeness (QED) is 0.937. The second kappa shape index (κ2) is 6.96. The molecule has 0 saturated carbocycles. The average Bonchev–Trinajstić information content (AvgIpc) is 2.57. The van der Waals surface area contributed by atoms with Crippen molar-refractivity contribution in [3.8, 4) is 5.75 Å². The van der Waals surface area contributed by atoms with Gasteiger partial charge in [-0.1, -0.05) is 12.1 Å². The molecule has 3 rings (SSSR count). The van der Waals surface area contributed by atoms with E-state index in [9.17, 15) is 5.11 Å². The maximum absolute atomic E-state index is 9.33. The van der Waals surface area contributed by atoms with Gasteiger partial charge in [-0.3, -0.25) is 4.90 Å². The molecule has 122 valence electrons. The lowest BCUT2D eigenvalue weighted by Crippen LogP contribution is -2.47. The van der Waals surface area contributed by atoms with E-state index in [-0.39, 0.29) is 0 Å². The second-order valence-corrected chi connectivity index (χ2v) is 6.15. The van der Waals surface area contributed by atoms with Gasteiger partial charge >= 0.3 is 0 Å². The molecule has 2 heterocycles. The van der Waals surface area contributed by atoms with E-state index in [0.717, 1.165) is 50.7 Å². The van der Waals surface area contributed by atoms with Crippen molar-refractivity contribution in [1.29, 1.82) is 0 Å². The van der Waals surface area contributed by atoms with Crippen LogP contribution in [0.25, 0.3) is 0 Å². The summed E-state index contributed by atoms with van der Waals surface area (Å²) in [4.78, 5) is 13.6. The summed E-state index contributed by atoms with van der Waals surface area (Å²) >= 11 is 0. The SMILES string of the molecule is Cc1ncnc(N2CCN(CCc3ccc(O)cc3)CC2)c1C. The lowest BCUT2D eigenvalue weighted by Gasteiger charge is -2.36. The zero-order valence-electron chi connectivity index (χ0n) is 13.9. The molecule has 1 saturated heterocycles. The van der Waals surface area contributed by atoms with Gasteiger partial charge in [0.15, 0.2) is 0 Å². The van der Waals surface area contributed by atoms with Crippen molar-refractivity contribution in [2.75, 3.05) is 37.6 Å². The summed E-state index contributed by atoms with van der Waals surface area (Å²) in [5, 5.41) is 9.33. The highest BCUT2D eigenvalue weighted by atomic mass is 16.3. The van der Waals surface area contributed by atoms with E-state index in [2.05, 4.69) is 26.7 Å². The minimum absolute atomic E-state index is 0.331. The maximum Gasteiger partial charge on any atom is 0.135 e. The van der Waals surface area contributed by atoms with Crippen molar-refractivity contribution in [3.63, 3.8) is 0 Å². The van der Waals surface area contributed by atoms with Gasteiger partial charge in [-0.15, -0.1) is 0 Å². The normalized spacial score (nSPS) is 15.8. The van der Waals surface area contributed by atoms with Crippen LogP contribution in [-0.4, -0.2) is 52.7 Å². The average molecular weight is 312 g/mol. The fourth-order valence-electron chi connectivity index (χ4n) is 2.98. The highest BCUT2D eigenvalue weighted by Gasteiger charge is 2.19. The Balaban J connectivity index is 1.52. The summed E-state index contributed by atoms with van der Waals surface area (Å²) in [6.07, 6.45) is 2.68. The zero-order valence-corrected chi connectivity index (χ0v) is 13.9. The first-order valence-electron chi connectivity index (χ1n) is 8.17. The first-order valence-corrected chi connectivity index (χ1v) is 8.17. The molecule has 1 aliphatic rings. The predicted octanol–water partition coefficient (Wildman–Crippen LogP) is 2.16. The number of anilines is 1. The molecule has 2 aromatic rings. The van der Waals surface area contributed by atoms with Crippen molar-refractivity contribution < 1.29 is 5.11 Å². The number of aromatic nitrogens is 2. The van der Waals surface area contributed by atoms with E-state index in [0.29, 0.717) is 5.75 Å². The smallest absolute Gasteiger partial charge is 0.135 e. The number of aryl methyl sites for hydroxylation is 1. The Morgan fingerprint density at radius 3 is 2.39 bits per heavy atom. The summed E-state index contributed by atoms with van der Waals surface area (Å²) in [6, 6.07) is 7.51. The molecule has 0 atom stereocenters. The number of nitrogens with zero attached hydrogens (tertiary/aromatic N) is 4. The summed E-state index contributed by atoms with van der Waals surface area (Å²) < 4.78 is 0. The first kappa shape index (κ1) is 15.7. The number of hydrogen-bond donors (Lipinski definition) is 1. The largest absolute Gasteiger partial charge is 0.508 e.